The van der Waals surface area contributed by atoms with Crippen LogP contribution in [-0.2, 0) is 6.42 Å². The maximum Gasteiger partial charge on any atom is 0.145 e. The number of halogens is 3. The van der Waals surface area contributed by atoms with Gasteiger partial charge in [-0.1, -0.05) is 34.8 Å². The first-order valence-corrected chi connectivity index (χ1v) is 6.76. The third-order valence-corrected chi connectivity index (χ3v) is 3.98. The lowest BCUT2D eigenvalue weighted by Crippen LogP contribution is -1.96. The van der Waals surface area contributed by atoms with Gasteiger partial charge in [0.25, 0.3) is 0 Å². The molecular formula is C14H9Cl3N2O. The Morgan fingerprint density at radius 1 is 1.15 bits per heavy atom. The van der Waals surface area contributed by atoms with Crippen molar-refractivity contribution in [1.29, 1.82) is 5.26 Å². The van der Waals surface area contributed by atoms with Gasteiger partial charge in [0.1, 0.15) is 11.4 Å². The van der Waals surface area contributed by atoms with Crippen molar-refractivity contribution in [2.24, 2.45) is 0 Å². The quantitative estimate of drug-likeness (QED) is 0.762. The molecule has 2 rings (SSSR count). The molecule has 0 aliphatic rings. The minimum Gasteiger partial charge on any atom is -0.494 e. The van der Waals surface area contributed by atoms with Gasteiger partial charge in [0, 0.05) is 5.56 Å². The Morgan fingerprint density at radius 3 is 2.55 bits per heavy atom. The zero-order chi connectivity index (χ0) is 14.7. The van der Waals surface area contributed by atoms with Crippen molar-refractivity contribution < 1.29 is 4.74 Å². The lowest BCUT2D eigenvalue weighted by atomic mass is 10.1. The molecule has 0 fully saturated rings. The summed E-state index contributed by atoms with van der Waals surface area (Å²) in [5, 5.41) is 9.69. The fourth-order valence-electron chi connectivity index (χ4n) is 1.73. The van der Waals surface area contributed by atoms with Crippen molar-refractivity contribution in [3.8, 4) is 23.1 Å². The minimum atomic E-state index is 0.204. The van der Waals surface area contributed by atoms with Gasteiger partial charge in [-0.3, -0.25) is 0 Å². The minimum absolute atomic E-state index is 0.204. The van der Waals surface area contributed by atoms with Crippen LogP contribution in [0.25, 0.3) is 11.3 Å². The van der Waals surface area contributed by atoms with Crippen LogP contribution in [-0.4, -0.2) is 12.1 Å². The zero-order valence-electron chi connectivity index (χ0n) is 10.5. The summed E-state index contributed by atoms with van der Waals surface area (Å²) in [6.45, 7) is 0. The molecule has 6 heteroatoms. The number of methoxy groups -OCH3 is 1. The normalized spacial score (nSPS) is 10.2. The number of nitriles is 1. The second-order valence-corrected chi connectivity index (χ2v) is 5.07. The molecule has 0 N–H and O–H groups in total. The molecule has 1 aromatic carbocycles. The standard InChI is InChI=1S/C14H9Cl3N2O/c1-20-11-5-2-8(6-7-18)19-14(11)9-3-4-10(15)13(17)12(9)16/h2-5H,6H2,1H3. The van der Waals surface area contributed by atoms with E-state index < -0.39 is 0 Å². The zero-order valence-corrected chi connectivity index (χ0v) is 12.7. The first-order chi connectivity index (χ1) is 9.58. The van der Waals surface area contributed by atoms with E-state index in [1.54, 1.807) is 24.3 Å². The van der Waals surface area contributed by atoms with Crippen LogP contribution in [0.15, 0.2) is 24.3 Å². The summed E-state index contributed by atoms with van der Waals surface area (Å²) in [7, 11) is 1.54. The molecule has 1 heterocycles. The SMILES string of the molecule is COc1ccc(CC#N)nc1-c1ccc(Cl)c(Cl)c1Cl. The number of benzene rings is 1. The van der Waals surface area contributed by atoms with Crippen LogP contribution in [0.4, 0.5) is 0 Å². The first-order valence-electron chi connectivity index (χ1n) is 5.63. The Kier molecular flexibility index (Phi) is 4.72. The summed E-state index contributed by atoms with van der Waals surface area (Å²) in [5.74, 6) is 0.548. The lowest BCUT2D eigenvalue weighted by molar-refractivity contribution is 0.414. The van der Waals surface area contributed by atoms with E-state index in [9.17, 15) is 0 Å². The van der Waals surface area contributed by atoms with Gasteiger partial charge in [0.05, 0.1) is 40.4 Å². The fraction of sp³-hybridized carbons (Fsp3) is 0.143. The summed E-state index contributed by atoms with van der Waals surface area (Å²) >= 11 is 18.2. The molecule has 0 aliphatic carbocycles. The average Bonchev–Trinajstić information content (AvgIpc) is 2.45. The molecule has 0 saturated carbocycles. The highest BCUT2D eigenvalue weighted by Crippen LogP contribution is 2.40. The Bertz CT molecular complexity index is 696. The third kappa shape index (κ3) is 2.83. The van der Waals surface area contributed by atoms with Crippen molar-refractivity contribution in [3.05, 3.63) is 45.0 Å². The van der Waals surface area contributed by atoms with Gasteiger partial charge in [-0.2, -0.15) is 5.26 Å². The fourth-order valence-corrected chi connectivity index (χ4v) is 2.36. The van der Waals surface area contributed by atoms with Gasteiger partial charge in [0.2, 0.25) is 0 Å². The number of nitrogens with zero attached hydrogens (tertiary/aromatic N) is 2. The smallest absolute Gasteiger partial charge is 0.145 e. The summed E-state index contributed by atoms with van der Waals surface area (Å²) in [6.07, 6.45) is 0.204. The summed E-state index contributed by atoms with van der Waals surface area (Å²) in [5.41, 5.74) is 1.77. The summed E-state index contributed by atoms with van der Waals surface area (Å²) in [6, 6.07) is 8.89. The highest BCUT2D eigenvalue weighted by Gasteiger charge is 2.16. The van der Waals surface area contributed by atoms with E-state index >= 15 is 0 Å². The predicted octanol–water partition coefficient (Wildman–Crippen LogP) is 4.78. The van der Waals surface area contributed by atoms with Gasteiger partial charge < -0.3 is 4.74 Å². The van der Waals surface area contributed by atoms with Crippen LogP contribution in [0.3, 0.4) is 0 Å². The number of rotatable bonds is 3. The van der Waals surface area contributed by atoms with E-state index in [0.717, 1.165) is 0 Å². The molecular weight excluding hydrogens is 319 g/mol. The number of hydrogen-bond donors (Lipinski definition) is 0. The van der Waals surface area contributed by atoms with Crippen LogP contribution >= 0.6 is 34.8 Å². The monoisotopic (exact) mass is 326 g/mol. The third-order valence-electron chi connectivity index (χ3n) is 2.69. The molecule has 0 amide bonds. The Balaban J connectivity index is 2.65. The van der Waals surface area contributed by atoms with E-state index in [-0.39, 0.29) is 11.4 Å². The molecule has 0 unspecified atom stereocenters. The van der Waals surface area contributed by atoms with Crippen molar-refractivity contribution in [1.82, 2.24) is 4.98 Å². The highest BCUT2D eigenvalue weighted by atomic mass is 35.5. The van der Waals surface area contributed by atoms with E-state index in [1.165, 1.54) is 7.11 Å². The number of hydrogen-bond acceptors (Lipinski definition) is 3. The molecule has 0 aliphatic heterocycles. The van der Waals surface area contributed by atoms with E-state index in [2.05, 4.69) is 11.1 Å². The van der Waals surface area contributed by atoms with Crippen LogP contribution in [0.1, 0.15) is 5.69 Å². The number of pyridine rings is 1. The first kappa shape index (κ1) is 14.9. The Hall–Kier alpha value is -1.47. The average molecular weight is 328 g/mol. The van der Waals surface area contributed by atoms with Crippen molar-refractivity contribution in [2.45, 2.75) is 6.42 Å². The summed E-state index contributed by atoms with van der Waals surface area (Å²) < 4.78 is 5.28. The molecule has 1 aromatic heterocycles. The van der Waals surface area contributed by atoms with Crippen molar-refractivity contribution in [2.75, 3.05) is 7.11 Å². The Morgan fingerprint density at radius 2 is 1.90 bits per heavy atom. The van der Waals surface area contributed by atoms with Gasteiger partial charge in [-0.25, -0.2) is 4.98 Å². The topological polar surface area (TPSA) is 45.9 Å². The van der Waals surface area contributed by atoms with Gasteiger partial charge in [-0.05, 0) is 24.3 Å². The van der Waals surface area contributed by atoms with E-state index in [1.807, 2.05) is 0 Å². The molecule has 0 spiro atoms. The van der Waals surface area contributed by atoms with Gasteiger partial charge >= 0.3 is 0 Å². The molecule has 0 saturated heterocycles. The molecule has 2 aromatic rings. The number of ether oxygens (including phenoxy) is 1. The van der Waals surface area contributed by atoms with Gasteiger partial charge in [0.15, 0.2) is 0 Å². The molecule has 0 atom stereocenters. The predicted molar refractivity (Wildman–Crippen MR) is 80.6 cm³/mol. The summed E-state index contributed by atoms with van der Waals surface area (Å²) in [4.78, 5) is 4.40. The molecule has 0 radical (unpaired) electrons. The maximum absolute atomic E-state index is 8.76. The largest absolute Gasteiger partial charge is 0.494 e. The van der Waals surface area contributed by atoms with E-state index in [4.69, 9.17) is 44.8 Å². The number of aromatic nitrogens is 1. The molecule has 3 nitrogen and oxygen atoms in total. The van der Waals surface area contributed by atoms with Crippen LogP contribution in [0.2, 0.25) is 15.1 Å². The van der Waals surface area contributed by atoms with Crippen LogP contribution < -0.4 is 4.74 Å². The van der Waals surface area contributed by atoms with E-state index in [0.29, 0.717) is 32.7 Å². The molecule has 0 bridgehead atoms. The Labute approximate surface area is 131 Å². The molecule has 102 valence electrons. The van der Waals surface area contributed by atoms with Crippen molar-refractivity contribution >= 4 is 34.8 Å². The van der Waals surface area contributed by atoms with Crippen LogP contribution in [0, 0.1) is 11.3 Å². The highest BCUT2D eigenvalue weighted by molar-refractivity contribution is 6.49. The molecule has 20 heavy (non-hydrogen) atoms. The second kappa shape index (κ2) is 6.32. The van der Waals surface area contributed by atoms with Crippen molar-refractivity contribution in [3.63, 3.8) is 0 Å². The second-order valence-electron chi connectivity index (χ2n) is 3.91. The van der Waals surface area contributed by atoms with Gasteiger partial charge in [-0.15, -0.1) is 0 Å². The van der Waals surface area contributed by atoms with Crippen LogP contribution in [0.5, 0.6) is 5.75 Å². The maximum atomic E-state index is 8.76. The lowest BCUT2D eigenvalue weighted by Gasteiger charge is -2.11.